The van der Waals surface area contributed by atoms with E-state index in [1.54, 1.807) is 13.2 Å². The molecule has 0 aliphatic carbocycles. The third kappa shape index (κ3) is 5.75. The molecule has 0 saturated carbocycles. The van der Waals surface area contributed by atoms with Crippen molar-refractivity contribution in [3.8, 4) is 17.3 Å². The topological polar surface area (TPSA) is 102 Å². The third-order valence-corrected chi connectivity index (χ3v) is 5.98. The van der Waals surface area contributed by atoms with E-state index < -0.39 is 5.41 Å². The van der Waals surface area contributed by atoms with Crippen molar-refractivity contribution in [2.24, 2.45) is 0 Å². The van der Waals surface area contributed by atoms with Crippen LogP contribution in [0, 0.1) is 0 Å². The van der Waals surface area contributed by atoms with Crippen molar-refractivity contribution in [3.05, 3.63) is 75.5 Å². The lowest BCUT2D eigenvalue weighted by Gasteiger charge is -2.21. The lowest BCUT2D eigenvalue weighted by atomic mass is 9.83. The minimum atomic E-state index is -0.431. The highest BCUT2D eigenvalue weighted by atomic mass is 35.5. The van der Waals surface area contributed by atoms with Crippen LogP contribution in [0.2, 0.25) is 10.0 Å². The van der Waals surface area contributed by atoms with E-state index in [9.17, 15) is 0 Å². The molecule has 0 spiro atoms. The average Bonchev–Trinajstić information content (AvgIpc) is 3.36. The molecule has 0 bridgehead atoms. The van der Waals surface area contributed by atoms with Crippen molar-refractivity contribution in [1.29, 1.82) is 0 Å². The highest BCUT2D eigenvalue weighted by molar-refractivity contribution is 6.35. The average molecular weight is 521 g/mol. The Bertz CT molecular complexity index is 1250. The molecule has 2 aromatic carbocycles. The SMILES string of the molecule is COc1nc(NCCc2ccc(Cl)cc2Cl)cc(-c2cccc(C(C)(C)c3nn[nH]n3)c2)n1.Cl. The fourth-order valence-corrected chi connectivity index (χ4v) is 3.93. The second-order valence-electron chi connectivity index (χ2n) is 7.98. The summed E-state index contributed by atoms with van der Waals surface area (Å²) in [6.45, 7) is 4.73. The molecule has 2 aromatic heterocycles. The van der Waals surface area contributed by atoms with Gasteiger partial charge in [0.2, 0.25) is 0 Å². The highest BCUT2D eigenvalue weighted by Gasteiger charge is 2.28. The first-order chi connectivity index (χ1) is 15.9. The maximum absolute atomic E-state index is 6.28. The van der Waals surface area contributed by atoms with Crippen LogP contribution in [0.15, 0.2) is 48.5 Å². The number of H-pyrrole nitrogens is 1. The molecule has 0 unspecified atom stereocenters. The van der Waals surface area contributed by atoms with Crippen LogP contribution >= 0.6 is 35.6 Å². The van der Waals surface area contributed by atoms with E-state index in [1.165, 1.54) is 0 Å². The summed E-state index contributed by atoms with van der Waals surface area (Å²) < 4.78 is 5.34. The number of nitrogens with one attached hydrogen (secondary N) is 2. The minimum absolute atomic E-state index is 0. The van der Waals surface area contributed by atoms with Gasteiger partial charge in [-0.1, -0.05) is 52.7 Å². The third-order valence-electron chi connectivity index (χ3n) is 5.39. The zero-order chi connectivity index (χ0) is 23.4. The van der Waals surface area contributed by atoms with Crippen LogP contribution in [-0.2, 0) is 11.8 Å². The maximum Gasteiger partial charge on any atom is 0.318 e. The van der Waals surface area contributed by atoms with Gasteiger partial charge in [-0.25, -0.2) is 0 Å². The molecular weight excluding hydrogens is 497 g/mol. The summed E-state index contributed by atoms with van der Waals surface area (Å²) in [7, 11) is 1.55. The summed E-state index contributed by atoms with van der Waals surface area (Å²) in [4.78, 5) is 8.97. The number of hydrogen-bond acceptors (Lipinski definition) is 7. The first-order valence-corrected chi connectivity index (χ1v) is 11.1. The maximum atomic E-state index is 6.28. The van der Waals surface area contributed by atoms with Crippen molar-refractivity contribution >= 4 is 41.4 Å². The summed E-state index contributed by atoms with van der Waals surface area (Å²) in [5.74, 6) is 1.27. The lowest BCUT2D eigenvalue weighted by Crippen LogP contribution is -2.21. The Morgan fingerprint density at radius 3 is 2.59 bits per heavy atom. The number of aromatic nitrogens is 6. The van der Waals surface area contributed by atoms with Crippen molar-refractivity contribution in [1.82, 2.24) is 30.6 Å². The molecule has 0 fully saturated rings. The Hall–Kier alpha value is -2.94. The lowest BCUT2D eigenvalue weighted by molar-refractivity contribution is 0.381. The molecule has 0 radical (unpaired) electrons. The standard InChI is InChI=1S/C23H23Cl2N7O.ClH/c1-23(2,21-29-31-32-30-21)16-6-4-5-15(11-16)19-13-20(28-22(27-19)33-3)26-10-9-14-7-8-17(24)12-18(14)25;/h4-8,11-13H,9-10H2,1-3H3,(H,26,27,28)(H,29,30,31,32);1H. The molecule has 0 atom stereocenters. The first-order valence-electron chi connectivity index (χ1n) is 10.3. The molecule has 0 aliphatic heterocycles. The second-order valence-corrected chi connectivity index (χ2v) is 8.82. The van der Waals surface area contributed by atoms with Crippen LogP contribution in [0.3, 0.4) is 0 Å². The van der Waals surface area contributed by atoms with Gasteiger partial charge in [-0.2, -0.15) is 15.2 Å². The number of rotatable bonds is 8. The molecule has 178 valence electrons. The molecule has 34 heavy (non-hydrogen) atoms. The van der Waals surface area contributed by atoms with E-state index in [1.807, 2.05) is 50.2 Å². The van der Waals surface area contributed by atoms with E-state index >= 15 is 0 Å². The molecule has 2 heterocycles. The van der Waals surface area contributed by atoms with E-state index in [2.05, 4.69) is 42.0 Å². The summed E-state index contributed by atoms with van der Waals surface area (Å²) in [5, 5.41) is 19.1. The summed E-state index contributed by atoms with van der Waals surface area (Å²) in [5.41, 5.74) is 3.27. The van der Waals surface area contributed by atoms with E-state index in [0.29, 0.717) is 34.7 Å². The first kappa shape index (κ1) is 25.7. The Kier molecular flexibility index (Phi) is 8.30. The number of halogens is 3. The predicted octanol–water partition coefficient (Wildman–Crippen LogP) is 5.37. The molecular formula is C23H24Cl3N7O. The zero-order valence-corrected chi connectivity index (χ0v) is 21.2. The van der Waals surface area contributed by atoms with Crippen molar-refractivity contribution in [2.75, 3.05) is 19.0 Å². The van der Waals surface area contributed by atoms with Crippen LogP contribution in [0.25, 0.3) is 11.3 Å². The van der Waals surface area contributed by atoms with Crippen LogP contribution in [0.5, 0.6) is 6.01 Å². The molecule has 8 nitrogen and oxygen atoms in total. The Balaban J connectivity index is 0.00000324. The van der Waals surface area contributed by atoms with Crippen molar-refractivity contribution < 1.29 is 4.74 Å². The van der Waals surface area contributed by atoms with Gasteiger partial charge >= 0.3 is 6.01 Å². The normalized spacial score (nSPS) is 11.1. The summed E-state index contributed by atoms with van der Waals surface area (Å²) >= 11 is 12.3. The Morgan fingerprint density at radius 1 is 1.06 bits per heavy atom. The predicted molar refractivity (Wildman–Crippen MR) is 136 cm³/mol. The number of benzene rings is 2. The van der Waals surface area contributed by atoms with E-state index in [4.69, 9.17) is 27.9 Å². The molecule has 0 aliphatic rings. The number of aromatic amines is 1. The number of anilines is 1. The monoisotopic (exact) mass is 519 g/mol. The zero-order valence-electron chi connectivity index (χ0n) is 18.8. The van der Waals surface area contributed by atoms with Gasteiger partial charge in [-0.15, -0.1) is 22.6 Å². The Labute approximate surface area is 213 Å². The minimum Gasteiger partial charge on any atom is -0.467 e. The van der Waals surface area contributed by atoms with Crippen LogP contribution in [0.1, 0.15) is 30.8 Å². The fourth-order valence-electron chi connectivity index (χ4n) is 3.43. The number of methoxy groups -OCH3 is 1. The van der Waals surface area contributed by atoms with Gasteiger partial charge in [0.05, 0.1) is 18.2 Å². The highest BCUT2D eigenvalue weighted by Crippen LogP contribution is 2.32. The number of hydrogen-bond donors (Lipinski definition) is 2. The van der Waals surface area contributed by atoms with Gasteiger partial charge in [0, 0.05) is 28.2 Å². The van der Waals surface area contributed by atoms with Crippen LogP contribution in [0.4, 0.5) is 5.82 Å². The van der Waals surface area contributed by atoms with Gasteiger partial charge < -0.3 is 10.1 Å². The van der Waals surface area contributed by atoms with Gasteiger partial charge in [-0.05, 0) is 49.6 Å². The molecule has 0 amide bonds. The summed E-state index contributed by atoms with van der Waals surface area (Å²) in [6, 6.07) is 15.8. The number of ether oxygens (including phenoxy) is 1. The largest absolute Gasteiger partial charge is 0.467 e. The van der Waals surface area contributed by atoms with Gasteiger partial charge in [-0.3, -0.25) is 0 Å². The molecule has 4 aromatic rings. The molecule has 2 N–H and O–H groups in total. The van der Waals surface area contributed by atoms with Gasteiger partial charge in [0.25, 0.3) is 0 Å². The number of tetrazole rings is 1. The summed E-state index contributed by atoms with van der Waals surface area (Å²) in [6.07, 6.45) is 0.714. The molecule has 0 saturated heterocycles. The van der Waals surface area contributed by atoms with Gasteiger partial charge in [0.15, 0.2) is 5.82 Å². The second kappa shape index (κ2) is 11.0. The van der Waals surface area contributed by atoms with Crippen molar-refractivity contribution in [2.45, 2.75) is 25.7 Å². The quantitative estimate of drug-likeness (QED) is 0.322. The smallest absolute Gasteiger partial charge is 0.318 e. The molecule has 4 rings (SSSR count). The number of nitrogens with zero attached hydrogens (tertiary/aromatic N) is 5. The van der Waals surface area contributed by atoms with E-state index in [0.717, 1.165) is 22.4 Å². The van der Waals surface area contributed by atoms with Crippen LogP contribution in [-0.4, -0.2) is 44.2 Å². The van der Waals surface area contributed by atoms with Gasteiger partial charge in [0.1, 0.15) is 5.82 Å². The fraction of sp³-hybridized carbons (Fsp3) is 0.261. The Morgan fingerprint density at radius 2 is 1.88 bits per heavy atom. The molecule has 11 heteroatoms. The van der Waals surface area contributed by atoms with E-state index in [-0.39, 0.29) is 18.4 Å². The van der Waals surface area contributed by atoms with Crippen molar-refractivity contribution in [3.63, 3.8) is 0 Å². The van der Waals surface area contributed by atoms with Crippen LogP contribution < -0.4 is 10.1 Å².